The van der Waals surface area contributed by atoms with Gasteiger partial charge in [0.25, 0.3) is 5.91 Å². The quantitative estimate of drug-likeness (QED) is 0.465. The fourth-order valence-corrected chi connectivity index (χ4v) is 4.36. The van der Waals surface area contributed by atoms with E-state index in [0.717, 1.165) is 4.68 Å². The third kappa shape index (κ3) is 4.01. The van der Waals surface area contributed by atoms with Crippen molar-refractivity contribution in [2.45, 2.75) is 51.7 Å². The summed E-state index contributed by atoms with van der Waals surface area (Å²) in [5, 5.41) is 7.56. The summed E-state index contributed by atoms with van der Waals surface area (Å²) in [6.07, 6.45) is -2.90. The first-order valence-electron chi connectivity index (χ1n) is 10.3. The van der Waals surface area contributed by atoms with Crippen molar-refractivity contribution < 1.29 is 22.4 Å². The summed E-state index contributed by atoms with van der Waals surface area (Å²) >= 11 is 5.88. The first kappa shape index (κ1) is 23.3. The average Bonchev–Trinajstić information content (AvgIpc) is 3.38. The summed E-state index contributed by atoms with van der Waals surface area (Å²) in [5.74, 6) is -0.775. The summed E-state index contributed by atoms with van der Waals surface area (Å²) in [6.45, 7) is 7.56. The number of halogens is 5. The first-order chi connectivity index (χ1) is 15.3. The van der Waals surface area contributed by atoms with Crippen LogP contribution in [0.15, 0.2) is 30.5 Å². The average molecular weight is 484 g/mol. The zero-order chi connectivity index (χ0) is 24.3. The molecule has 0 N–H and O–H groups in total. The fourth-order valence-electron chi connectivity index (χ4n) is 4.13. The summed E-state index contributed by atoms with van der Waals surface area (Å²) in [6, 6.07) is 4.90. The molecule has 2 aromatic heterocycles. The second-order valence-electron chi connectivity index (χ2n) is 9.00. The molecule has 11 heteroatoms. The third-order valence-electron chi connectivity index (χ3n) is 5.64. The predicted octanol–water partition coefficient (Wildman–Crippen LogP) is 5.46. The molecule has 1 saturated heterocycles. The zero-order valence-corrected chi connectivity index (χ0v) is 19.2. The number of hydrogen-bond acceptors (Lipinski definition) is 3. The smallest absolute Gasteiger partial charge is 0.307 e. The largest absolute Gasteiger partial charge is 0.436 e. The molecule has 33 heavy (non-hydrogen) atoms. The maximum Gasteiger partial charge on any atom is 0.436 e. The van der Waals surface area contributed by atoms with Crippen molar-refractivity contribution in [3.05, 3.63) is 58.4 Å². The van der Waals surface area contributed by atoms with E-state index in [1.807, 2.05) is 20.8 Å². The number of alkyl halides is 3. The Hall–Kier alpha value is -2.88. The third-order valence-corrected chi connectivity index (χ3v) is 6.09. The lowest BCUT2D eigenvalue weighted by Crippen LogP contribution is -2.31. The highest BCUT2D eigenvalue weighted by Crippen LogP contribution is 2.40. The number of carbonyl (C=O) groups excluding carboxylic acids is 1. The highest BCUT2D eigenvalue weighted by molar-refractivity contribution is 6.32. The van der Waals surface area contributed by atoms with Gasteiger partial charge in [-0.3, -0.25) is 9.48 Å². The van der Waals surface area contributed by atoms with Gasteiger partial charge in [0.05, 0.1) is 34.0 Å². The predicted molar refractivity (Wildman–Crippen MR) is 115 cm³/mol. The number of amides is 1. The molecule has 0 spiro atoms. The molecule has 1 amide bonds. The van der Waals surface area contributed by atoms with Crippen LogP contribution in [0.25, 0.3) is 5.69 Å². The van der Waals surface area contributed by atoms with Crippen LogP contribution in [0.4, 0.5) is 23.2 Å². The molecule has 1 aliphatic rings. The molecule has 3 aromatic rings. The van der Waals surface area contributed by atoms with Crippen LogP contribution in [-0.2, 0) is 16.4 Å². The molecule has 1 atom stereocenters. The first-order valence-corrected chi connectivity index (χ1v) is 10.7. The van der Waals surface area contributed by atoms with Gasteiger partial charge in [0, 0.05) is 12.0 Å². The second-order valence-corrected chi connectivity index (χ2v) is 9.38. The number of rotatable bonds is 3. The minimum atomic E-state index is -4.72. The van der Waals surface area contributed by atoms with Gasteiger partial charge in [0.1, 0.15) is 11.9 Å². The van der Waals surface area contributed by atoms with Gasteiger partial charge in [-0.05, 0) is 37.6 Å². The summed E-state index contributed by atoms with van der Waals surface area (Å²) < 4.78 is 55.9. The van der Waals surface area contributed by atoms with Gasteiger partial charge in [0.2, 0.25) is 0 Å². The number of nitrogens with zero attached hydrogens (tertiary/aromatic N) is 5. The molecule has 0 bridgehead atoms. The highest BCUT2D eigenvalue weighted by Gasteiger charge is 2.43. The monoisotopic (exact) mass is 483 g/mol. The Morgan fingerprint density at radius 1 is 1.12 bits per heavy atom. The fraction of sp³-hybridized carbons (Fsp3) is 0.409. The zero-order valence-electron chi connectivity index (χ0n) is 18.4. The number of aromatic nitrogens is 4. The SMILES string of the molecule is Cc1c(Cl)c(C(F)(F)F)nn1C1CCN(c2cnn(-c3ccc(F)cc3)c2C(C)(C)C)C1=O. The minimum Gasteiger partial charge on any atom is -0.307 e. The number of carbonyl (C=O) groups is 1. The Balaban J connectivity index is 1.74. The normalized spacial score (nSPS) is 17.3. The van der Waals surface area contributed by atoms with Crippen LogP contribution >= 0.6 is 11.6 Å². The maximum atomic E-state index is 13.4. The van der Waals surface area contributed by atoms with Crippen LogP contribution in [0.1, 0.15) is 50.3 Å². The van der Waals surface area contributed by atoms with E-state index in [0.29, 0.717) is 17.1 Å². The van der Waals surface area contributed by atoms with Crippen LogP contribution in [-0.4, -0.2) is 32.0 Å². The van der Waals surface area contributed by atoms with Gasteiger partial charge in [0.15, 0.2) is 5.69 Å². The summed E-state index contributed by atoms with van der Waals surface area (Å²) in [7, 11) is 0. The van der Waals surface area contributed by atoms with Crippen molar-refractivity contribution in [2.75, 3.05) is 11.4 Å². The van der Waals surface area contributed by atoms with Gasteiger partial charge in [-0.25, -0.2) is 9.07 Å². The van der Waals surface area contributed by atoms with Crippen LogP contribution in [0, 0.1) is 12.7 Å². The van der Waals surface area contributed by atoms with Crippen LogP contribution in [0.2, 0.25) is 5.02 Å². The molecule has 1 fully saturated rings. The lowest BCUT2D eigenvalue weighted by molar-refractivity contribution is -0.141. The van der Waals surface area contributed by atoms with E-state index >= 15 is 0 Å². The van der Waals surface area contributed by atoms with E-state index in [9.17, 15) is 22.4 Å². The molecule has 176 valence electrons. The standard InChI is InChI=1S/C22H22ClF4N5O/c1-12-17(23)18(22(25,26)27)29-31(12)15-9-10-30(20(15)33)16-11-28-32(19(16)21(2,3)4)14-7-5-13(24)6-8-14/h5-8,11,15H,9-10H2,1-4H3. The van der Waals surface area contributed by atoms with Gasteiger partial charge in [-0.15, -0.1) is 0 Å². The second kappa shape index (κ2) is 7.86. The van der Waals surface area contributed by atoms with E-state index in [2.05, 4.69) is 10.2 Å². The van der Waals surface area contributed by atoms with E-state index in [1.54, 1.807) is 23.0 Å². The lowest BCUT2D eigenvalue weighted by Gasteiger charge is -2.26. The van der Waals surface area contributed by atoms with Gasteiger partial charge < -0.3 is 4.90 Å². The van der Waals surface area contributed by atoms with Crippen molar-refractivity contribution in [2.24, 2.45) is 0 Å². The number of anilines is 1. The van der Waals surface area contributed by atoms with Crippen molar-refractivity contribution in [1.82, 2.24) is 19.6 Å². The number of hydrogen-bond donors (Lipinski definition) is 0. The van der Waals surface area contributed by atoms with Gasteiger partial charge >= 0.3 is 6.18 Å². The van der Waals surface area contributed by atoms with Crippen LogP contribution in [0.5, 0.6) is 0 Å². The lowest BCUT2D eigenvalue weighted by atomic mass is 9.90. The van der Waals surface area contributed by atoms with Crippen molar-refractivity contribution in [3.8, 4) is 5.69 Å². The van der Waals surface area contributed by atoms with Crippen LogP contribution < -0.4 is 4.90 Å². The number of benzene rings is 1. The molecule has 0 radical (unpaired) electrons. The van der Waals surface area contributed by atoms with Gasteiger partial charge in [-0.2, -0.15) is 23.4 Å². The molecule has 1 aromatic carbocycles. The van der Waals surface area contributed by atoms with E-state index in [-0.39, 0.29) is 24.5 Å². The van der Waals surface area contributed by atoms with E-state index in [4.69, 9.17) is 11.6 Å². The van der Waals surface area contributed by atoms with Crippen molar-refractivity contribution >= 4 is 23.2 Å². The Morgan fingerprint density at radius 2 is 1.76 bits per heavy atom. The van der Waals surface area contributed by atoms with Crippen molar-refractivity contribution in [1.29, 1.82) is 0 Å². The molecule has 4 rings (SSSR count). The molecule has 0 saturated carbocycles. The topological polar surface area (TPSA) is 56.0 Å². The molecule has 0 aliphatic carbocycles. The minimum absolute atomic E-state index is 0.0854. The Labute approximate surface area is 192 Å². The summed E-state index contributed by atoms with van der Waals surface area (Å²) in [4.78, 5) is 14.9. The Bertz CT molecular complexity index is 1210. The molecule has 1 unspecified atom stereocenters. The maximum absolute atomic E-state index is 13.4. The Morgan fingerprint density at radius 3 is 2.30 bits per heavy atom. The van der Waals surface area contributed by atoms with Crippen molar-refractivity contribution in [3.63, 3.8) is 0 Å². The van der Waals surface area contributed by atoms with E-state index < -0.39 is 34.3 Å². The van der Waals surface area contributed by atoms with Crippen LogP contribution in [0.3, 0.4) is 0 Å². The summed E-state index contributed by atoms with van der Waals surface area (Å²) in [5.41, 5.74) is 0.322. The molecular weight excluding hydrogens is 462 g/mol. The Kier molecular flexibility index (Phi) is 5.55. The highest BCUT2D eigenvalue weighted by atomic mass is 35.5. The van der Waals surface area contributed by atoms with Gasteiger partial charge in [-0.1, -0.05) is 32.4 Å². The molecule has 1 aliphatic heterocycles. The molecule has 3 heterocycles. The molecule has 6 nitrogen and oxygen atoms in total. The molecular formula is C22H22ClF4N5O. The van der Waals surface area contributed by atoms with E-state index in [1.165, 1.54) is 24.0 Å².